The largest absolute Gasteiger partial charge is 0.416 e. The fourth-order valence-corrected chi connectivity index (χ4v) is 2.88. The number of alkyl halides is 4. The van der Waals surface area contributed by atoms with E-state index in [0.717, 1.165) is 25.7 Å². The molecule has 94 valence electrons. The van der Waals surface area contributed by atoms with Crippen molar-refractivity contribution in [3.05, 3.63) is 34.9 Å². The van der Waals surface area contributed by atoms with Gasteiger partial charge >= 0.3 is 6.18 Å². The Kier molecular flexibility index (Phi) is 3.67. The molecule has 1 aliphatic carbocycles. The van der Waals surface area contributed by atoms with Gasteiger partial charge in [-0.05, 0) is 29.9 Å². The van der Waals surface area contributed by atoms with Gasteiger partial charge in [-0.1, -0.05) is 31.0 Å². The second kappa shape index (κ2) is 4.89. The van der Waals surface area contributed by atoms with Crippen LogP contribution in [0.5, 0.6) is 0 Å². The van der Waals surface area contributed by atoms with Crippen molar-refractivity contribution in [3.8, 4) is 0 Å². The first-order valence-corrected chi connectivity index (χ1v) is 6.32. The molecule has 0 amide bonds. The lowest BCUT2D eigenvalue weighted by Gasteiger charge is -2.20. The maximum atomic E-state index is 13.1. The van der Waals surface area contributed by atoms with Gasteiger partial charge in [0.25, 0.3) is 0 Å². The molecule has 1 aromatic carbocycles. The summed E-state index contributed by atoms with van der Waals surface area (Å²) in [5, 5.41) is 0. The Morgan fingerprint density at radius 2 is 1.82 bits per heavy atom. The van der Waals surface area contributed by atoms with E-state index in [-0.39, 0.29) is 17.4 Å². The Bertz CT molecular complexity index is 392. The predicted octanol–water partition coefficient (Wildman–Crippen LogP) is 5.10. The van der Waals surface area contributed by atoms with Gasteiger partial charge in [0.05, 0.1) is 5.56 Å². The molecule has 2 rings (SSSR count). The van der Waals surface area contributed by atoms with E-state index in [1.54, 1.807) is 12.1 Å². The Morgan fingerprint density at radius 3 is 2.35 bits per heavy atom. The fraction of sp³-hybridized carbons (Fsp3) is 0.538. The van der Waals surface area contributed by atoms with Crippen LogP contribution in [-0.4, -0.2) is 0 Å². The SMILES string of the molecule is FC(F)(F)c1c(CCl)cccc1C1CCCC1. The Balaban J connectivity index is 2.50. The average Bonchev–Trinajstić information content (AvgIpc) is 2.80. The summed E-state index contributed by atoms with van der Waals surface area (Å²) in [6, 6.07) is 4.75. The van der Waals surface area contributed by atoms with Crippen LogP contribution in [0.1, 0.15) is 48.3 Å². The molecule has 0 aliphatic heterocycles. The molecule has 0 spiro atoms. The number of rotatable bonds is 2. The summed E-state index contributed by atoms with van der Waals surface area (Å²) in [6.45, 7) is 0. The van der Waals surface area contributed by atoms with Gasteiger partial charge < -0.3 is 0 Å². The third kappa shape index (κ3) is 2.59. The molecule has 1 aliphatic rings. The van der Waals surface area contributed by atoms with Crippen LogP contribution in [0.15, 0.2) is 18.2 Å². The highest BCUT2D eigenvalue weighted by atomic mass is 35.5. The van der Waals surface area contributed by atoms with E-state index in [0.29, 0.717) is 5.56 Å². The Morgan fingerprint density at radius 1 is 1.18 bits per heavy atom. The predicted molar refractivity (Wildman–Crippen MR) is 62.2 cm³/mol. The molecule has 4 heteroatoms. The highest BCUT2D eigenvalue weighted by molar-refractivity contribution is 6.17. The normalized spacial score (nSPS) is 17.6. The molecule has 0 unspecified atom stereocenters. The van der Waals surface area contributed by atoms with Crippen molar-refractivity contribution >= 4 is 11.6 Å². The highest BCUT2D eigenvalue weighted by Crippen LogP contribution is 2.43. The first kappa shape index (κ1) is 12.7. The van der Waals surface area contributed by atoms with Crippen LogP contribution in [0, 0.1) is 0 Å². The maximum Gasteiger partial charge on any atom is 0.416 e. The van der Waals surface area contributed by atoms with Crippen molar-refractivity contribution in [2.45, 2.75) is 43.7 Å². The summed E-state index contributed by atoms with van der Waals surface area (Å²) in [5.74, 6) is -0.0372. The number of halogens is 4. The van der Waals surface area contributed by atoms with E-state index in [4.69, 9.17) is 11.6 Å². The first-order valence-electron chi connectivity index (χ1n) is 5.79. The van der Waals surface area contributed by atoms with Gasteiger partial charge in [-0.15, -0.1) is 11.6 Å². The lowest BCUT2D eigenvalue weighted by molar-refractivity contribution is -0.138. The van der Waals surface area contributed by atoms with Crippen molar-refractivity contribution in [1.82, 2.24) is 0 Å². The van der Waals surface area contributed by atoms with Crippen molar-refractivity contribution in [2.24, 2.45) is 0 Å². The monoisotopic (exact) mass is 262 g/mol. The second-order valence-corrected chi connectivity index (χ2v) is 4.76. The molecule has 0 bridgehead atoms. The zero-order valence-corrected chi connectivity index (χ0v) is 10.1. The summed E-state index contributed by atoms with van der Waals surface area (Å²) in [7, 11) is 0. The van der Waals surface area contributed by atoms with Crippen LogP contribution in [-0.2, 0) is 12.1 Å². The molecule has 17 heavy (non-hydrogen) atoms. The number of hydrogen-bond donors (Lipinski definition) is 0. The van der Waals surface area contributed by atoms with E-state index in [1.165, 1.54) is 6.07 Å². The minimum Gasteiger partial charge on any atom is -0.166 e. The molecule has 0 aromatic heterocycles. The zero-order valence-electron chi connectivity index (χ0n) is 9.36. The summed E-state index contributed by atoms with van der Waals surface area (Å²) >= 11 is 5.62. The second-order valence-electron chi connectivity index (χ2n) is 4.49. The first-order chi connectivity index (χ1) is 8.04. The van der Waals surface area contributed by atoms with Crippen LogP contribution >= 0.6 is 11.6 Å². The zero-order chi connectivity index (χ0) is 12.5. The van der Waals surface area contributed by atoms with Crippen LogP contribution in [0.25, 0.3) is 0 Å². The minimum absolute atomic E-state index is 0.0507. The molecule has 0 heterocycles. The van der Waals surface area contributed by atoms with E-state index in [9.17, 15) is 13.2 Å². The van der Waals surface area contributed by atoms with Crippen LogP contribution < -0.4 is 0 Å². The Hall–Kier alpha value is -0.700. The van der Waals surface area contributed by atoms with Crippen LogP contribution in [0.4, 0.5) is 13.2 Å². The standard InChI is InChI=1S/C13H14ClF3/c14-8-10-6-3-7-11(9-4-1-2-5-9)12(10)13(15,16)17/h3,6-7,9H,1-2,4-5,8H2. The molecule has 0 nitrogen and oxygen atoms in total. The van der Waals surface area contributed by atoms with Gasteiger partial charge in [-0.25, -0.2) is 0 Å². The fourth-order valence-electron chi connectivity index (χ4n) is 2.65. The van der Waals surface area contributed by atoms with Gasteiger partial charge in [0.2, 0.25) is 0 Å². The lowest BCUT2D eigenvalue weighted by Crippen LogP contribution is -2.14. The van der Waals surface area contributed by atoms with Gasteiger partial charge in [0.15, 0.2) is 0 Å². The van der Waals surface area contributed by atoms with E-state index < -0.39 is 11.7 Å². The molecule has 1 fully saturated rings. The summed E-state index contributed by atoms with van der Waals surface area (Å²) in [5.41, 5.74) is 0.138. The molecular weight excluding hydrogens is 249 g/mol. The quantitative estimate of drug-likeness (QED) is 0.650. The van der Waals surface area contributed by atoms with Gasteiger partial charge in [0, 0.05) is 5.88 Å². The highest BCUT2D eigenvalue weighted by Gasteiger charge is 2.37. The molecule has 1 aromatic rings. The smallest absolute Gasteiger partial charge is 0.166 e. The molecule has 1 saturated carbocycles. The Labute approximate surface area is 104 Å². The lowest BCUT2D eigenvalue weighted by atomic mass is 9.90. The van der Waals surface area contributed by atoms with Crippen LogP contribution in [0.3, 0.4) is 0 Å². The van der Waals surface area contributed by atoms with Crippen LogP contribution in [0.2, 0.25) is 0 Å². The third-order valence-corrected chi connectivity index (χ3v) is 3.69. The van der Waals surface area contributed by atoms with Crippen molar-refractivity contribution in [1.29, 1.82) is 0 Å². The van der Waals surface area contributed by atoms with Crippen molar-refractivity contribution in [3.63, 3.8) is 0 Å². The summed E-state index contributed by atoms with van der Waals surface area (Å²) in [4.78, 5) is 0. The molecule has 0 atom stereocenters. The number of hydrogen-bond acceptors (Lipinski definition) is 0. The molecular formula is C13H14ClF3. The van der Waals surface area contributed by atoms with Gasteiger partial charge in [-0.2, -0.15) is 13.2 Å². The number of benzene rings is 1. The molecule has 0 radical (unpaired) electrons. The summed E-state index contributed by atoms with van der Waals surface area (Å²) in [6.07, 6.45) is -0.548. The maximum absolute atomic E-state index is 13.1. The van der Waals surface area contributed by atoms with Crippen molar-refractivity contribution in [2.75, 3.05) is 0 Å². The van der Waals surface area contributed by atoms with E-state index in [1.807, 2.05) is 0 Å². The topological polar surface area (TPSA) is 0 Å². The van der Waals surface area contributed by atoms with Crippen molar-refractivity contribution < 1.29 is 13.2 Å². The minimum atomic E-state index is -4.30. The molecule has 0 N–H and O–H groups in total. The molecule has 0 saturated heterocycles. The van der Waals surface area contributed by atoms with Gasteiger partial charge in [-0.3, -0.25) is 0 Å². The average molecular weight is 263 g/mol. The summed E-state index contributed by atoms with van der Waals surface area (Å²) < 4.78 is 39.3. The van der Waals surface area contributed by atoms with E-state index >= 15 is 0 Å². The third-order valence-electron chi connectivity index (χ3n) is 3.41. The van der Waals surface area contributed by atoms with E-state index in [2.05, 4.69) is 0 Å². The van der Waals surface area contributed by atoms with Gasteiger partial charge in [0.1, 0.15) is 0 Å².